The fourth-order valence-corrected chi connectivity index (χ4v) is 3.89. The summed E-state index contributed by atoms with van der Waals surface area (Å²) in [6.07, 6.45) is 4.47. The van der Waals surface area contributed by atoms with E-state index in [-0.39, 0.29) is 18.1 Å². The number of carbonyl (C=O) groups excluding carboxylic acids is 1. The highest BCUT2D eigenvalue weighted by Gasteiger charge is 2.25. The Labute approximate surface area is 159 Å². The van der Waals surface area contributed by atoms with Gasteiger partial charge in [-0.2, -0.15) is 0 Å². The fraction of sp³-hybridized carbons (Fsp3) is 0.429. The number of fused-ring (bicyclic) bond motifs is 1. The standard InChI is InChI=1S/C21H26N4O2/c1-15-5-4-6-16-13-18(14-27-20(15)16)24-21(26)23-17-8-11-25(12-9-17)19-7-2-3-10-22-19/h2-7,10,17-18H,8-9,11-14H2,1H3,(H2,23,24,26). The van der Waals surface area contributed by atoms with Crippen molar-refractivity contribution < 1.29 is 9.53 Å². The highest BCUT2D eigenvalue weighted by atomic mass is 16.5. The summed E-state index contributed by atoms with van der Waals surface area (Å²) in [6, 6.07) is 12.2. The van der Waals surface area contributed by atoms with E-state index in [9.17, 15) is 4.79 Å². The number of rotatable bonds is 3. The number of ether oxygens (including phenoxy) is 1. The molecule has 0 bridgehead atoms. The van der Waals surface area contributed by atoms with Crippen LogP contribution in [0.15, 0.2) is 42.6 Å². The van der Waals surface area contributed by atoms with Crippen molar-refractivity contribution in [1.29, 1.82) is 0 Å². The summed E-state index contributed by atoms with van der Waals surface area (Å²) in [4.78, 5) is 19.1. The fourth-order valence-electron chi connectivity index (χ4n) is 3.89. The third-order valence-corrected chi connectivity index (χ3v) is 5.33. The number of aromatic nitrogens is 1. The molecule has 1 atom stereocenters. The van der Waals surface area contributed by atoms with Crippen LogP contribution in [0.2, 0.25) is 0 Å². The molecular weight excluding hydrogens is 340 g/mol. The van der Waals surface area contributed by atoms with Gasteiger partial charge in [0.1, 0.15) is 18.2 Å². The van der Waals surface area contributed by atoms with Gasteiger partial charge in [0.05, 0.1) is 6.04 Å². The molecule has 3 heterocycles. The van der Waals surface area contributed by atoms with Crippen LogP contribution >= 0.6 is 0 Å². The lowest BCUT2D eigenvalue weighted by molar-refractivity contribution is 0.209. The third-order valence-electron chi connectivity index (χ3n) is 5.33. The van der Waals surface area contributed by atoms with Crippen molar-refractivity contribution in [3.05, 3.63) is 53.7 Å². The summed E-state index contributed by atoms with van der Waals surface area (Å²) in [5, 5.41) is 6.19. The maximum Gasteiger partial charge on any atom is 0.315 e. The van der Waals surface area contributed by atoms with Crippen LogP contribution in [-0.2, 0) is 6.42 Å². The molecule has 142 valence electrons. The molecule has 1 aromatic carbocycles. The van der Waals surface area contributed by atoms with Gasteiger partial charge in [-0.05, 0) is 49.4 Å². The van der Waals surface area contributed by atoms with Crippen molar-refractivity contribution in [3.63, 3.8) is 0 Å². The Morgan fingerprint density at radius 3 is 2.70 bits per heavy atom. The SMILES string of the molecule is Cc1cccc2c1OCC(NC(=O)NC1CCN(c3ccccn3)CC1)C2. The van der Waals surface area contributed by atoms with E-state index in [0.717, 1.165) is 55.0 Å². The van der Waals surface area contributed by atoms with Gasteiger partial charge in [0.15, 0.2) is 0 Å². The molecule has 0 aliphatic carbocycles. The largest absolute Gasteiger partial charge is 0.491 e. The van der Waals surface area contributed by atoms with Crippen LogP contribution in [0.25, 0.3) is 0 Å². The predicted molar refractivity (Wildman–Crippen MR) is 105 cm³/mol. The molecule has 27 heavy (non-hydrogen) atoms. The average Bonchev–Trinajstić information content (AvgIpc) is 2.69. The molecule has 6 heteroatoms. The molecule has 1 unspecified atom stereocenters. The van der Waals surface area contributed by atoms with Gasteiger partial charge in [0, 0.05) is 25.3 Å². The number of hydrogen-bond acceptors (Lipinski definition) is 4. The van der Waals surface area contributed by atoms with Crippen molar-refractivity contribution >= 4 is 11.8 Å². The quantitative estimate of drug-likeness (QED) is 0.876. The van der Waals surface area contributed by atoms with E-state index < -0.39 is 0 Å². The van der Waals surface area contributed by atoms with E-state index in [1.807, 2.05) is 30.5 Å². The monoisotopic (exact) mass is 366 g/mol. The van der Waals surface area contributed by atoms with E-state index in [1.165, 1.54) is 0 Å². The number of piperidine rings is 1. The Morgan fingerprint density at radius 1 is 1.11 bits per heavy atom. The second-order valence-electron chi connectivity index (χ2n) is 7.34. The van der Waals surface area contributed by atoms with Gasteiger partial charge >= 0.3 is 6.03 Å². The van der Waals surface area contributed by atoms with Gasteiger partial charge in [0.25, 0.3) is 0 Å². The number of benzene rings is 1. The Hall–Kier alpha value is -2.76. The smallest absolute Gasteiger partial charge is 0.315 e. The van der Waals surface area contributed by atoms with Crippen LogP contribution in [0.1, 0.15) is 24.0 Å². The molecule has 1 aromatic heterocycles. The number of urea groups is 1. The Kier molecular flexibility index (Phi) is 5.14. The van der Waals surface area contributed by atoms with Gasteiger partial charge in [-0.15, -0.1) is 0 Å². The average molecular weight is 366 g/mol. The van der Waals surface area contributed by atoms with Gasteiger partial charge in [-0.3, -0.25) is 0 Å². The second-order valence-corrected chi connectivity index (χ2v) is 7.34. The molecule has 0 radical (unpaired) electrons. The first kappa shape index (κ1) is 17.6. The van der Waals surface area contributed by atoms with Crippen LogP contribution in [0.4, 0.5) is 10.6 Å². The molecule has 2 amide bonds. The van der Waals surface area contributed by atoms with Crippen LogP contribution in [-0.4, -0.2) is 42.8 Å². The van der Waals surface area contributed by atoms with Crippen molar-refractivity contribution in [2.75, 3.05) is 24.6 Å². The molecule has 2 aromatic rings. The number of hydrogen-bond donors (Lipinski definition) is 2. The topological polar surface area (TPSA) is 66.5 Å². The van der Waals surface area contributed by atoms with E-state index in [2.05, 4.69) is 39.6 Å². The summed E-state index contributed by atoms with van der Waals surface area (Å²) in [7, 11) is 0. The van der Waals surface area contributed by atoms with Gasteiger partial charge in [-0.25, -0.2) is 9.78 Å². The highest BCUT2D eigenvalue weighted by molar-refractivity contribution is 5.74. The lowest BCUT2D eigenvalue weighted by Crippen LogP contribution is -2.52. The molecule has 6 nitrogen and oxygen atoms in total. The zero-order valence-electron chi connectivity index (χ0n) is 15.6. The first-order valence-electron chi connectivity index (χ1n) is 9.63. The number of pyridine rings is 1. The first-order chi connectivity index (χ1) is 13.2. The number of nitrogens with one attached hydrogen (secondary N) is 2. The van der Waals surface area contributed by atoms with E-state index >= 15 is 0 Å². The van der Waals surface area contributed by atoms with Crippen LogP contribution < -0.4 is 20.3 Å². The van der Waals surface area contributed by atoms with E-state index in [4.69, 9.17) is 4.74 Å². The van der Waals surface area contributed by atoms with Crippen molar-refractivity contribution in [1.82, 2.24) is 15.6 Å². The minimum Gasteiger partial charge on any atom is -0.491 e. The van der Waals surface area contributed by atoms with Gasteiger partial charge < -0.3 is 20.3 Å². The van der Waals surface area contributed by atoms with Gasteiger partial charge in [-0.1, -0.05) is 24.3 Å². The first-order valence-corrected chi connectivity index (χ1v) is 9.63. The molecule has 1 saturated heterocycles. The summed E-state index contributed by atoms with van der Waals surface area (Å²) >= 11 is 0. The number of aryl methyl sites for hydroxylation is 1. The molecular formula is C21H26N4O2. The molecule has 0 spiro atoms. The summed E-state index contributed by atoms with van der Waals surface area (Å²) in [5.74, 6) is 1.98. The zero-order valence-corrected chi connectivity index (χ0v) is 15.6. The highest BCUT2D eigenvalue weighted by Crippen LogP contribution is 2.28. The summed E-state index contributed by atoms with van der Waals surface area (Å²) in [6.45, 7) is 4.38. The van der Waals surface area contributed by atoms with Crippen molar-refractivity contribution in [3.8, 4) is 5.75 Å². The van der Waals surface area contributed by atoms with Gasteiger partial charge in [0.2, 0.25) is 0 Å². The minimum atomic E-state index is -0.101. The Morgan fingerprint density at radius 2 is 1.93 bits per heavy atom. The molecule has 4 rings (SSSR count). The predicted octanol–water partition coefficient (Wildman–Crippen LogP) is 2.66. The number of para-hydroxylation sites is 1. The number of nitrogens with zero attached hydrogens (tertiary/aromatic N) is 2. The van der Waals surface area contributed by atoms with E-state index in [0.29, 0.717) is 6.61 Å². The lowest BCUT2D eigenvalue weighted by atomic mass is 10.00. The minimum absolute atomic E-state index is 0.00732. The molecule has 2 aliphatic heterocycles. The zero-order chi connectivity index (χ0) is 18.6. The van der Waals surface area contributed by atoms with E-state index in [1.54, 1.807) is 0 Å². The summed E-state index contributed by atoms with van der Waals surface area (Å²) in [5.41, 5.74) is 2.31. The number of amides is 2. The molecule has 0 saturated carbocycles. The van der Waals surface area contributed by atoms with Crippen LogP contribution in [0, 0.1) is 6.92 Å². The molecule has 1 fully saturated rings. The molecule has 2 aliphatic rings. The number of anilines is 1. The lowest BCUT2D eigenvalue weighted by Gasteiger charge is -2.33. The van der Waals surface area contributed by atoms with Crippen LogP contribution in [0.5, 0.6) is 5.75 Å². The van der Waals surface area contributed by atoms with Crippen molar-refractivity contribution in [2.45, 2.75) is 38.3 Å². The van der Waals surface area contributed by atoms with Crippen LogP contribution in [0.3, 0.4) is 0 Å². The molecule has 2 N–H and O–H groups in total. The van der Waals surface area contributed by atoms with Crippen molar-refractivity contribution in [2.24, 2.45) is 0 Å². The summed E-state index contributed by atoms with van der Waals surface area (Å²) < 4.78 is 5.86. The normalized spacial score (nSPS) is 19.7. The maximum atomic E-state index is 12.4. The number of carbonyl (C=O) groups is 1. The Balaban J connectivity index is 1.25. The third kappa shape index (κ3) is 4.15. The Bertz CT molecular complexity index is 788. The maximum absolute atomic E-state index is 12.4. The second kappa shape index (κ2) is 7.86.